The molecule has 0 saturated carbocycles. The Kier molecular flexibility index (Phi) is 3.36. The van der Waals surface area contributed by atoms with E-state index in [0.29, 0.717) is 0 Å². The molecule has 0 unspecified atom stereocenters. The molecule has 1 aromatic carbocycles. The molecule has 1 N–H and O–H groups in total. The summed E-state index contributed by atoms with van der Waals surface area (Å²) in [4.78, 5) is 0.994. The molecule has 2 heteroatoms. The van der Waals surface area contributed by atoms with Crippen LogP contribution in [0.1, 0.15) is 42.9 Å². The molecule has 1 atom stereocenters. The van der Waals surface area contributed by atoms with E-state index in [1.807, 2.05) is 29.6 Å². The fraction of sp³-hybridized carbons (Fsp3) is 0.333. The Labute approximate surface area is 107 Å². The smallest absolute Gasteiger partial charge is 0.113 e. The Bertz CT molecular complexity index is 463. The second-order valence-corrected chi connectivity index (χ2v) is 6.27. The standard InChI is InChI=1S/C15H18OS/c1-15(2,3)12-8-6-11(7-9-12)14(16)13-5-4-10-17-13/h4-10,14,16H,1-3H3/t14-/m0/s1. The summed E-state index contributed by atoms with van der Waals surface area (Å²) in [5.74, 6) is 0. The van der Waals surface area contributed by atoms with E-state index in [4.69, 9.17) is 0 Å². The van der Waals surface area contributed by atoms with Crippen molar-refractivity contribution in [1.82, 2.24) is 0 Å². The molecular formula is C15H18OS. The molecule has 2 rings (SSSR count). The van der Waals surface area contributed by atoms with Crippen LogP contribution in [0.15, 0.2) is 41.8 Å². The van der Waals surface area contributed by atoms with Gasteiger partial charge in [-0.05, 0) is 28.0 Å². The van der Waals surface area contributed by atoms with Crippen LogP contribution >= 0.6 is 11.3 Å². The van der Waals surface area contributed by atoms with Crippen molar-refractivity contribution in [2.45, 2.75) is 32.3 Å². The summed E-state index contributed by atoms with van der Waals surface area (Å²) >= 11 is 1.59. The summed E-state index contributed by atoms with van der Waals surface area (Å²) in [6.07, 6.45) is -0.496. The number of aliphatic hydroxyl groups excluding tert-OH is 1. The van der Waals surface area contributed by atoms with Crippen LogP contribution in [0.5, 0.6) is 0 Å². The Morgan fingerprint density at radius 2 is 1.71 bits per heavy atom. The highest BCUT2D eigenvalue weighted by Crippen LogP contribution is 2.28. The summed E-state index contributed by atoms with van der Waals surface area (Å²) in [6.45, 7) is 6.58. The molecule has 0 spiro atoms. The molecular weight excluding hydrogens is 228 g/mol. The molecule has 0 aliphatic heterocycles. The van der Waals surface area contributed by atoms with Crippen LogP contribution in [0.25, 0.3) is 0 Å². The van der Waals surface area contributed by atoms with Crippen molar-refractivity contribution in [1.29, 1.82) is 0 Å². The lowest BCUT2D eigenvalue weighted by Crippen LogP contribution is -2.11. The van der Waals surface area contributed by atoms with Gasteiger partial charge in [0, 0.05) is 4.88 Å². The minimum atomic E-state index is -0.496. The van der Waals surface area contributed by atoms with Gasteiger partial charge in [0.2, 0.25) is 0 Å². The van der Waals surface area contributed by atoms with Gasteiger partial charge in [-0.1, -0.05) is 51.1 Å². The molecule has 17 heavy (non-hydrogen) atoms. The van der Waals surface area contributed by atoms with Gasteiger partial charge in [-0.2, -0.15) is 0 Å². The maximum absolute atomic E-state index is 10.2. The van der Waals surface area contributed by atoms with E-state index in [1.54, 1.807) is 11.3 Å². The van der Waals surface area contributed by atoms with Crippen molar-refractivity contribution in [3.63, 3.8) is 0 Å². The van der Waals surface area contributed by atoms with Gasteiger partial charge >= 0.3 is 0 Å². The fourth-order valence-corrected chi connectivity index (χ4v) is 2.51. The average Bonchev–Trinajstić information content (AvgIpc) is 2.80. The first kappa shape index (κ1) is 12.3. The summed E-state index contributed by atoms with van der Waals surface area (Å²) in [5, 5.41) is 12.2. The molecule has 1 nitrogen and oxygen atoms in total. The van der Waals surface area contributed by atoms with Gasteiger partial charge in [-0.15, -0.1) is 11.3 Å². The first-order valence-electron chi connectivity index (χ1n) is 5.80. The van der Waals surface area contributed by atoms with Gasteiger partial charge in [-0.3, -0.25) is 0 Å². The van der Waals surface area contributed by atoms with E-state index in [9.17, 15) is 5.11 Å². The molecule has 90 valence electrons. The molecule has 0 aliphatic carbocycles. The SMILES string of the molecule is CC(C)(C)c1ccc([C@H](O)c2cccs2)cc1. The minimum Gasteiger partial charge on any atom is -0.383 e. The monoisotopic (exact) mass is 246 g/mol. The van der Waals surface area contributed by atoms with E-state index in [2.05, 4.69) is 32.9 Å². The topological polar surface area (TPSA) is 20.2 Å². The van der Waals surface area contributed by atoms with Crippen LogP contribution in [0.3, 0.4) is 0 Å². The van der Waals surface area contributed by atoms with E-state index >= 15 is 0 Å². The summed E-state index contributed by atoms with van der Waals surface area (Å²) in [5.41, 5.74) is 2.41. The zero-order chi connectivity index (χ0) is 12.5. The number of rotatable bonds is 2. The van der Waals surface area contributed by atoms with Crippen molar-refractivity contribution in [2.24, 2.45) is 0 Å². The zero-order valence-corrected chi connectivity index (χ0v) is 11.3. The second-order valence-electron chi connectivity index (χ2n) is 5.29. The van der Waals surface area contributed by atoms with Crippen LogP contribution < -0.4 is 0 Å². The van der Waals surface area contributed by atoms with E-state index in [0.717, 1.165) is 10.4 Å². The van der Waals surface area contributed by atoms with Crippen LogP contribution in [0.2, 0.25) is 0 Å². The lowest BCUT2D eigenvalue weighted by Gasteiger charge is -2.19. The lowest BCUT2D eigenvalue weighted by atomic mass is 9.86. The molecule has 0 amide bonds. The Hall–Kier alpha value is -1.12. The van der Waals surface area contributed by atoms with E-state index < -0.39 is 6.10 Å². The first-order chi connectivity index (χ1) is 7.98. The Balaban J connectivity index is 2.24. The third kappa shape index (κ3) is 2.76. The van der Waals surface area contributed by atoms with Crippen molar-refractivity contribution in [3.05, 3.63) is 57.8 Å². The van der Waals surface area contributed by atoms with Crippen molar-refractivity contribution >= 4 is 11.3 Å². The fourth-order valence-electron chi connectivity index (χ4n) is 1.78. The first-order valence-corrected chi connectivity index (χ1v) is 6.68. The highest BCUT2D eigenvalue weighted by atomic mass is 32.1. The summed E-state index contributed by atoms with van der Waals surface area (Å²) < 4.78 is 0. The number of aliphatic hydroxyl groups is 1. The van der Waals surface area contributed by atoms with Gasteiger partial charge in [0.05, 0.1) is 0 Å². The Morgan fingerprint density at radius 1 is 1.06 bits per heavy atom. The average molecular weight is 246 g/mol. The lowest BCUT2D eigenvalue weighted by molar-refractivity contribution is 0.224. The minimum absolute atomic E-state index is 0.159. The summed E-state index contributed by atoms with van der Waals surface area (Å²) in [6, 6.07) is 12.2. The zero-order valence-electron chi connectivity index (χ0n) is 10.5. The van der Waals surface area contributed by atoms with Crippen LogP contribution in [0.4, 0.5) is 0 Å². The highest BCUT2D eigenvalue weighted by molar-refractivity contribution is 7.10. The van der Waals surface area contributed by atoms with Crippen LogP contribution in [-0.4, -0.2) is 5.11 Å². The predicted molar refractivity (Wildman–Crippen MR) is 73.5 cm³/mol. The van der Waals surface area contributed by atoms with Gasteiger partial charge < -0.3 is 5.11 Å². The van der Waals surface area contributed by atoms with Crippen molar-refractivity contribution in [3.8, 4) is 0 Å². The molecule has 0 bridgehead atoms. The maximum atomic E-state index is 10.2. The van der Waals surface area contributed by atoms with Gasteiger partial charge in [0.15, 0.2) is 0 Å². The third-order valence-electron chi connectivity index (χ3n) is 2.91. The predicted octanol–water partition coefficient (Wildman–Crippen LogP) is 4.13. The second kappa shape index (κ2) is 4.63. The molecule has 0 aliphatic rings. The molecule has 2 aromatic rings. The van der Waals surface area contributed by atoms with Crippen LogP contribution in [0, 0.1) is 0 Å². The van der Waals surface area contributed by atoms with Gasteiger partial charge in [0.1, 0.15) is 6.10 Å². The number of hydrogen-bond donors (Lipinski definition) is 1. The molecule has 0 fully saturated rings. The number of benzene rings is 1. The molecule has 1 heterocycles. The van der Waals surface area contributed by atoms with Crippen LogP contribution in [-0.2, 0) is 5.41 Å². The number of thiophene rings is 1. The van der Waals surface area contributed by atoms with Crippen molar-refractivity contribution in [2.75, 3.05) is 0 Å². The van der Waals surface area contributed by atoms with Crippen molar-refractivity contribution < 1.29 is 5.11 Å². The third-order valence-corrected chi connectivity index (χ3v) is 3.83. The van der Waals surface area contributed by atoms with E-state index in [-0.39, 0.29) is 5.41 Å². The molecule has 1 aromatic heterocycles. The van der Waals surface area contributed by atoms with Gasteiger partial charge in [0.25, 0.3) is 0 Å². The highest BCUT2D eigenvalue weighted by Gasteiger charge is 2.15. The molecule has 0 saturated heterocycles. The molecule has 0 radical (unpaired) electrons. The maximum Gasteiger partial charge on any atom is 0.113 e. The van der Waals surface area contributed by atoms with E-state index in [1.165, 1.54) is 5.56 Å². The quantitative estimate of drug-likeness (QED) is 0.845. The Morgan fingerprint density at radius 3 is 2.18 bits per heavy atom. The summed E-state index contributed by atoms with van der Waals surface area (Å²) in [7, 11) is 0. The largest absolute Gasteiger partial charge is 0.383 e. The number of hydrogen-bond acceptors (Lipinski definition) is 2. The normalized spacial score (nSPS) is 13.6. The van der Waals surface area contributed by atoms with Gasteiger partial charge in [-0.25, -0.2) is 0 Å².